The van der Waals surface area contributed by atoms with E-state index in [-0.39, 0.29) is 22.9 Å². The third-order valence-corrected chi connectivity index (χ3v) is 2.92. The van der Waals surface area contributed by atoms with E-state index >= 15 is 0 Å². The van der Waals surface area contributed by atoms with Gasteiger partial charge in [0.25, 0.3) is 17.5 Å². The van der Waals surface area contributed by atoms with Gasteiger partial charge in [-0.2, -0.15) is 0 Å². The highest BCUT2D eigenvalue weighted by Gasteiger charge is 2.37. The summed E-state index contributed by atoms with van der Waals surface area (Å²) in [6.07, 6.45) is 0. The lowest BCUT2D eigenvalue weighted by molar-refractivity contribution is -0.384. The van der Waals surface area contributed by atoms with Gasteiger partial charge in [0.15, 0.2) is 0 Å². The van der Waals surface area contributed by atoms with Crippen LogP contribution in [0.3, 0.4) is 0 Å². The van der Waals surface area contributed by atoms with Gasteiger partial charge in [-0.05, 0) is 19.9 Å². The molecule has 1 aliphatic rings. The molecule has 8 heteroatoms. The van der Waals surface area contributed by atoms with E-state index in [0.717, 1.165) is 17.0 Å². The molecule has 0 spiro atoms. The Balaban J connectivity index is 2.26. The Kier molecular flexibility index (Phi) is 3.70. The second-order valence-corrected chi connectivity index (χ2v) is 4.91. The van der Waals surface area contributed by atoms with Crippen LogP contribution < -0.4 is 5.32 Å². The molecule has 2 rings (SSSR count). The average molecular weight is 291 g/mol. The van der Waals surface area contributed by atoms with Crippen LogP contribution in [-0.2, 0) is 4.79 Å². The lowest BCUT2D eigenvalue weighted by Gasteiger charge is -2.14. The SMILES string of the molecule is CC(C)NC(=O)CN1C(=O)c2ccc([N+](=O)[O-])cc2C1=O. The average Bonchev–Trinajstić information content (AvgIpc) is 2.62. The molecule has 3 amide bonds. The lowest BCUT2D eigenvalue weighted by atomic mass is 10.1. The number of nitrogens with one attached hydrogen (secondary N) is 1. The number of non-ortho nitro benzene ring substituents is 1. The van der Waals surface area contributed by atoms with Crippen molar-refractivity contribution < 1.29 is 19.3 Å². The molecule has 1 heterocycles. The Morgan fingerprint density at radius 1 is 1.29 bits per heavy atom. The number of nitro benzene ring substituents is 1. The van der Waals surface area contributed by atoms with E-state index in [4.69, 9.17) is 0 Å². The number of carbonyl (C=O) groups excluding carboxylic acids is 3. The van der Waals surface area contributed by atoms with Gasteiger partial charge >= 0.3 is 0 Å². The van der Waals surface area contributed by atoms with E-state index in [9.17, 15) is 24.5 Å². The summed E-state index contributed by atoms with van der Waals surface area (Å²) in [4.78, 5) is 46.7. The molecule has 0 aromatic heterocycles. The van der Waals surface area contributed by atoms with Crippen LogP contribution >= 0.6 is 0 Å². The number of amides is 3. The Morgan fingerprint density at radius 3 is 2.48 bits per heavy atom. The van der Waals surface area contributed by atoms with Crippen molar-refractivity contribution in [3.05, 3.63) is 39.4 Å². The second kappa shape index (κ2) is 5.31. The van der Waals surface area contributed by atoms with Gasteiger partial charge in [-0.25, -0.2) is 0 Å². The largest absolute Gasteiger partial charge is 0.352 e. The zero-order chi connectivity index (χ0) is 15.7. The molecule has 0 aliphatic carbocycles. The molecule has 1 aromatic rings. The van der Waals surface area contributed by atoms with Crippen LogP contribution in [0.25, 0.3) is 0 Å². The van der Waals surface area contributed by atoms with Gasteiger partial charge in [0.05, 0.1) is 16.1 Å². The summed E-state index contributed by atoms with van der Waals surface area (Å²) in [6, 6.07) is 3.32. The van der Waals surface area contributed by atoms with Crippen molar-refractivity contribution in [2.24, 2.45) is 0 Å². The van der Waals surface area contributed by atoms with Crippen molar-refractivity contribution >= 4 is 23.4 Å². The summed E-state index contributed by atoms with van der Waals surface area (Å²) < 4.78 is 0. The molecule has 1 N–H and O–H groups in total. The standard InChI is InChI=1S/C13H13N3O5/c1-7(2)14-11(17)6-15-12(18)9-4-3-8(16(20)21)5-10(9)13(15)19/h3-5,7H,6H2,1-2H3,(H,14,17). The highest BCUT2D eigenvalue weighted by Crippen LogP contribution is 2.26. The van der Waals surface area contributed by atoms with Gasteiger partial charge in [0.2, 0.25) is 5.91 Å². The van der Waals surface area contributed by atoms with E-state index in [2.05, 4.69) is 5.32 Å². The molecule has 1 aliphatic heterocycles. The smallest absolute Gasteiger partial charge is 0.270 e. The topological polar surface area (TPSA) is 110 Å². The number of imide groups is 1. The monoisotopic (exact) mass is 291 g/mol. The molecule has 0 saturated carbocycles. The molecular formula is C13H13N3O5. The minimum Gasteiger partial charge on any atom is -0.352 e. The molecule has 1 aromatic carbocycles. The molecule has 0 saturated heterocycles. The van der Waals surface area contributed by atoms with E-state index in [1.54, 1.807) is 13.8 Å². The van der Waals surface area contributed by atoms with Crippen LogP contribution in [-0.4, -0.2) is 40.1 Å². The highest BCUT2D eigenvalue weighted by atomic mass is 16.6. The van der Waals surface area contributed by atoms with Crippen molar-refractivity contribution in [1.82, 2.24) is 10.2 Å². The fourth-order valence-electron chi connectivity index (χ4n) is 2.05. The van der Waals surface area contributed by atoms with Crippen LogP contribution in [0.15, 0.2) is 18.2 Å². The Labute approximate surface area is 119 Å². The first-order valence-corrected chi connectivity index (χ1v) is 6.25. The van der Waals surface area contributed by atoms with Crippen molar-refractivity contribution in [3.63, 3.8) is 0 Å². The maximum atomic E-state index is 12.1. The molecular weight excluding hydrogens is 278 g/mol. The summed E-state index contributed by atoms with van der Waals surface area (Å²) >= 11 is 0. The number of nitro groups is 1. The number of carbonyl (C=O) groups is 3. The number of rotatable bonds is 4. The number of fused-ring (bicyclic) bond motifs is 1. The van der Waals surface area contributed by atoms with Crippen LogP contribution in [0.5, 0.6) is 0 Å². The van der Waals surface area contributed by atoms with Gasteiger partial charge in [0.1, 0.15) is 6.54 Å². The van der Waals surface area contributed by atoms with Crippen LogP contribution in [0, 0.1) is 10.1 Å². The molecule has 21 heavy (non-hydrogen) atoms. The Morgan fingerprint density at radius 2 is 1.90 bits per heavy atom. The number of nitrogens with zero attached hydrogens (tertiary/aromatic N) is 2. The van der Waals surface area contributed by atoms with Gasteiger partial charge in [-0.3, -0.25) is 29.4 Å². The van der Waals surface area contributed by atoms with Crippen molar-refractivity contribution in [2.45, 2.75) is 19.9 Å². The van der Waals surface area contributed by atoms with Crippen molar-refractivity contribution in [3.8, 4) is 0 Å². The highest BCUT2D eigenvalue weighted by molar-refractivity contribution is 6.22. The minimum atomic E-state index is -0.697. The molecule has 0 bridgehead atoms. The quantitative estimate of drug-likeness (QED) is 0.499. The summed E-state index contributed by atoms with van der Waals surface area (Å²) in [5.41, 5.74) is -0.252. The fourth-order valence-corrected chi connectivity index (χ4v) is 2.05. The number of hydrogen-bond acceptors (Lipinski definition) is 5. The van der Waals surface area contributed by atoms with Crippen LogP contribution in [0.4, 0.5) is 5.69 Å². The minimum absolute atomic E-state index is 0.0495. The van der Waals surface area contributed by atoms with E-state index in [1.807, 2.05) is 0 Å². The maximum absolute atomic E-state index is 12.1. The summed E-state index contributed by atoms with van der Waals surface area (Å²) in [5.74, 6) is -1.78. The number of hydrogen-bond donors (Lipinski definition) is 1. The molecule has 0 radical (unpaired) electrons. The fraction of sp³-hybridized carbons (Fsp3) is 0.308. The zero-order valence-electron chi connectivity index (χ0n) is 11.5. The van der Waals surface area contributed by atoms with E-state index in [0.29, 0.717) is 0 Å². The summed E-state index contributed by atoms with van der Waals surface area (Å²) in [6.45, 7) is 3.10. The molecule has 0 fully saturated rings. The second-order valence-electron chi connectivity index (χ2n) is 4.91. The van der Waals surface area contributed by atoms with E-state index in [1.165, 1.54) is 6.07 Å². The van der Waals surface area contributed by atoms with Gasteiger partial charge in [-0.15, -0.1) is 0 Å². The van der Waals surface area contributed by atoms with Gasteiger partial charge in [-0.1, -0.05) is 0 Å². The maximum Gasteiger partial charge on any atom is 0.270 e. The Bertz CT molecular complexity index is 653. The lowest BCUT2D eigenvalue weighted by Crippen LogP contribution is -2.42. The molecule has 8 nitrogen and oxygen atoms in total. The summed E-state index contributed by atoms with van der Waals surface area (Å²) in [7, 11) is 0. The van der Waals surface area contributed by atoms with Crippen molar-refractivity contribution in [2.75, 3.05) is 6.54 Å². The first-order valence-electron chi connectivity index (χ1n) is 6.25. The van der Waals surface area contributed by atoms with Gasteiger partial charge < -0.3 is 5.32 Å². The van der Waals surface area contributed by atoms with Crippen LogP contribution in [0.2, 0.25) is 0 Å². The molecule has 0 atom stereocenters. The number of benzene rings is 1. The third-order valence-electron chi connectivity index (χ3n) is 2.92. The predicted octanol–water partition coefficient (Wildman–Crippen LogP) is 0.715. The summed E-state index contributed by atoms with van der Waals surface area (Å²) in [5, 5.41) is 13.3. The van der Waals surface area contributed by atoms with Gasteiger partial charge in [0, 0.05) is 18.2 Å². The first-order chi connectivity index (χ1) is 9.81. The van der Waals surface area contributed by atoms with Crippen molar-refractivity contribution in [1.29, 1.82) is 0 Å². The molecule has 0 unspecified atom stereocenters. The zero-order valence-corrected chi connectivity index (χ0v) is 11.5. The predicted molar refractivity (Wildman–Crippen MR) is 71.7 cm³/mol. The molecule has 110 valence electrons. The Hall–Kier alpha value is -2.77. The van der Waals surface area contributed by atoms with Crippen LogP contribution in [0.1, 0.15) is 34.6 Å². The first kappa shape index (κ1) is 14.6. The normalized spacial score (nSPS) is 13.6. The van der Waals surface area contributed by atoms with E-state index < -0.39 is 29.2 Å². The third kappa shape index (κ3) is 2.73.